The summed E-state index contributed by atoms with van der Waals surface area (Å²) in [5, 5.41) is 14.4. The van der Waals surface area contributed by atoms with Gasteiger partial charge < -0.3 is 10.1 Å². The molecule has 0 amide bonds. The highest BCUT2D eigenvalue weighted by Gasteiger charge is 2.16. The molecule has 0 radical (unpaired) electrons. The van der Waals surface area contributed by atoms with Crippen molar-refractivity contribution in [2.45, 2.75) is 36.0 Å². The molecule has 4 rings (SSSR count). The summed E-state index contributed by atoms with van der Waals surface area (Å²) in [6, 6.07) is 8.08. The lowest BCUT2D eigenvalue weighted by Gasteiger charge is -2.09. The van der Waals surface area contributed by atoms with Gasteiger partial charge in [-0.15, -0.1) is 10.2 Å². The summed E-state index contributed by atoms with van der Waals surface area (Å²) < 4.78 is 6.52. The van der Waals surface area contributed by atoms with Crippen LogP contribution in [0, 0.1) is 6.92 Å². The van der Waals surface area contributed by atoms with Crippen molar-refractivity contribution < 1.29 is 4.74 Å². The van der Waals surface area contributed by atoms with Gasteiger partial charge in [0.2, 0.25) is 5.13 Å². The monoisotopic (exact) mass is 406 g/mol. The molecule has 8 heteroatoms. The summed E-state index contributed by atoms with van der Waals surface area (Å²) in [5.41, 5.74) is 2.93. The zero-order chi connectivity index (χ0) is 17.9. The number of aromatic nitrogens is 3. The summed E-state index contributed by atoms with van der Waals surface area (Å²) in [5.74, 6) is 0.672. The zero-order valence-corrected chi connectivity index (χ0v) is 16.8. The number of benzene rings is 1. The number of para-hydroxylation sites is 1. The number of hydrogen-bond donors (Lipinski definition) is 1. The van der Waals surface area contributed by atoms with E-state index in [9.17, 15) is 0 Å². The molecule has 0 aliphatic carbocycles. The van der Waals surface area contributed by atoms with Gasteiger partial charge >= 0.3 is 0 Å². The van der Waals surface area contributed by atoms with E-state index in [-0.39, 0.29) is 0 Å². The normalized spacial score (nSPS) is 17.1. The van der Waals surface area contributed by atoms with Crippen molar-refractivity contribution in [2.75, 3.05) is 18.5 Å². The van der Waals surface area contributed by atoms with Gasteiger partial charge in [-0.3, -0.25) is 4.98 Å². The van der Waals surface area contributed by atoms with Crippen LogP contribution in [0.1, 0.15) is 24.1 Å². The van der Waals surface area contributed by atoms with Crippen LogP contribution < -0.4 is 5.32 Å². The number of rotatable bonds is 6. The lowest BCUT2D eigenvalue weighted by Crippen LogP contribution is -2.18. The Morgan fingerprint density at radius 1 is 1.35 bits per heavy atom. The minimum atomic E-state index is 0.290. The molecule has 0 spiro atoms. The van der Waals surface area contributed by atoms with Crippen molar-refractivity contribution in [3.8, 4) is 0 Å². The van der Waals surface area contributed by atoms with E-state index >= 15 is 0 Å². The first kappa shape index (κ1) is 18.0. The Morgan fingerprint density at radius 2 is 2.23 bits per heavy atom. The van der Waals surface area contributed by atoms with Crippen LogP contribution in [0.25, 0.3) is 10.9 Å². The van der Waals surface area contributed by atoms with Crippen molar-refractivity contribution in [2.24, 2.45) is 0 Å². The Morgan fingerprint density at radius 3 is 3.08 bits per heavy atom. The maximum Gasteiger partial charge on any atom is 0.206 e. The number of anilines is 1. The maximum atomic E-state index is 6.53. The predicted octanol–water partition coefficient (Wildman–Crippen LogP) is 4.93. The van der Waals surface area contributed by atoms with Crippen LogP contribution in [0.5, 0.6) is 0 Å². The molecule has 1 fully saturated rings. The largest absolute Gasteiger partial charge is 0.376 e. The molecule has 1 aromatic carbocycles. The lowest BCUT2D eigenvalue weighted by atomic mass is 10.1. The minimum absolute atomic E-state index is 0.290. The van der Waals surface area contributed by atoms with Gasteiger partial charge in [0.15, 0.2) is 4.34 Å². The van der Waals surface area contributed by atoms with Crippen molar-refractivity contribution in [1.82, 2.24) is 15.2 Å². The fourth-order valence-corrected chi connectivity index (χ4v) is 4.98. The highest BCUT2D eigenvalue weighted by Crippen LogP contribution is 2.33. The zero-order valence-electron chi connectivity index (χ0n) is 14.4. The number of pyridine rings is 1. The van der Waals surface area contributed by atoms with E-state index in [1.807, 2.05) is 25.1 Å². The van der Waals surface area contributed by atoms with Crippen LogP contribution >= 0.6 is 34.7 Å². The highest BCUT2D eigenvalue weighted by molar-refractivity contribution is 8.00. The molecule has 1 saturated heterocycles. The lowest BCUT2D eigenvalue weighted by molar-refractivity contribution is 0.120. The Labute approximate surface area is 165 Å². The molecule has 1 aliphatic rings. The number of ether oxygens (including phenoxy) is 1. The number of thioether (sulfide) groups is 1. The maximum absolute atomic E-state index is 6.53. The van der Waals surface area contributed by atoms with Crippen LogP contribution in [0.3, 0.4) is 0 Å². The molecular weight excluding hydrogens is 388 g/mol. The first-order chi connectivity index (χ1) is 12.7. The van der Waals surface area contributed by atoms with Gasteiger partial charge in [-0.2, -0.15) is 0 Å². The van der Waals surface area contributed by atoms with Gasteiger partial charge in [0.1, 0.15) is 0 Å². The molecule has 1 aliphatic heterocycles. The molecule has 0 saturated carbocycles. The Bertz CT molecular complexity index is 911. The number of halogens is 1. The van der Waals surface area contributed by atoms with Gasteiger partial charge in [-0.25, -0.2) is 0 Å². The first-order valence-corrected chi connectivity index (χ1v) is 10.7. The van der Waals surface area contributed by atoms with E-state index in [0.717, 1.165) is 62.6 Å². The van der Waals surface area contributed by atoms with Crippen LogP contribution in [0.2, 0.25) is 5.02 Å². The second-order valence-corrected chi connectivity index (χ2v) is 8.77. The Balaban J connectivity index is 1.41. The minimum Gasteiger partial charge on any atom is -0.376 e. The summed E-state index contributed by atoms with van der Waals surface area (Å²) in [4.78, 5) is 4.72. The molecule has 2 aromatic heterocycles. The molecule has 1 N–H and O–H groups in total. The quantitative estimate of drug-likeness (QED) is 0.585. The second-order valence-electron chi connectivity index (χ2n) is 6.19. The summed E-state index contributed by atoms with van der Waals surface area (Å²) in [7, 11) is 0. The van der Waals surface area contributed by atoms with Crippen molar-refractivity contribution in [3.05, 3.63) is 40.5 Å². The van der Waals surface area contributed by atoms with Gasteiger partial charge in [-0.1, -0.05) is 52.9 Å². The third kappa shape index (κ3) is 3.96. The number of aryl methyl sites for hydroxylation is 1. The molecule has 26 heavy (non-hydrogen) atoms. The van der Waals surface area contributed by atoms with E-state index < -0.39 is 0 Å². The molecule has 5 nitrogen and oxygen atoms in total. The topological polar surface area (TPSA) is 59.9 Å². The molecule has 3 heterocycles. The van der Waals surface area contributed by atoms with E-state index in [1.165, 1.54) is 0 Å². The standard InChI is InChI=1S/C18H19ClN4OS2/c1-11-13-6-2-3-7-14(13)21-15(16(11)19)10-25-18-23-22-17(26-18)20-9-12-5-4-8-24-12/h2-3,6-7,12H,4-5,8-10H2,1H3,(H,20,22)/t12-/m1/s1. The van der Waals surface area contributed by atoms with Crippen LogP contribution in [0.4, 0.5) is 5.13 Å². The van der Waals surface area contributed by atoms with Crippen molar-refractivity contribution >= 4 is 50.7 Å². The summed E-state index contributed by atoms with van der Waals surface area (Å²) in [6.45, 7) is 3.69. The third-order valence-electron chi connectivity index (χ3n) is 4.39. The number of fused-ring (bicyclic) bond motifs is 1. The first-order valence-electron chi connectivity index (χ1n) is 8.56. The van der Waals surface area contributed by atoms with E-state index in [1.54, 1.807) is 23.1 Å². The molecular formula is C18H19ClN4OS2. The fourth-order valence-electron chi connectivity index (χ4n) is 2.99. The van der Waals surface area contributed by atoms with Crippen LogP contribution in [-0.4, -0.2) is 34.4 Å². The molecule has 1 atom stereocenters. The molecule has 0 unspecified atom stereocenters. The fraction of sp³-hybridized carbons (Fsp3) is 0.389. The summed E-state index contributed by atoms with van der Waals surface area (Å²) in [6.07, 6.45) is 2.54. The molecule has 136 valence electrons. The number of nitrogens with zero attached hydrogens (tertiary/aromatic N) is 3. The molecule has 0 bridgehead atoms. The third-order valence-corrected chi connectivity index (χ3v) is 6.92. The van der Waals surface area contributed by atoms with Crippen molar-refractivity contribution in [1.29, 1.82) is 0 Å². The highest BCUT2D eigenvalue weighted by atomic mass is 35.5. The average molecular weight is 407 g/mol. The van der Waals surface area contributed by atoms with Crippen molar-refractivity contribution in [3.63, 3.8) is 0 Å². The predicted molar refractivity (Wildman–Crippen MR) is 108 cm³/mol. The Kier molecular flexibility index (Phi) is 5.59. The molecule has 3 aromatic rings. The second kappa shape index (κ2) is 8.08. The van der Waals surface area contributed by atoms with E-state index in [2.05, 4.69) is 21.6 Å². The SMILES string of the molecule is Cc1c(Cl)c(CSc2nnc(NC[C@H]3CCCO3)s2)nc2ccccc12. The number of nitrogens with one attached hydrogen (secondary N) is 1. The Hall–Kier alpha value is -1.41. The van der Waals surface area contributed by atoms with Gasteiger partial charge in [-0.05, 0) is 31.4 Å². The van der Waals surface area contributed by atoms with E-state index in [4.69, 9.17) is 21.3 Å². The number of hydrogen-bond acceptors (Lipinski definition) is 7. The van der Waals surface area contributed by atoms with E-state index in [0.29, 0.717) is 11.9 Å². The smallest absolute Gasteiger partial charge is 0.206 e. The van der Waals surface area contributed by atoms with Crippen LogP contribution in [-0.2, 0) is 10.5 Å². The van der Waals surface area contributed by atoms with Gasteiger partial charge in [0.25, 0.3) is 0 Å². The average Bonchev–Trinajstić information content (AvgIpc) is 3.33. The van der Waals surface area contributed by atoms with Gasteiger partial charge in [0.05, 0.1) is 22.3 Å². The van der Waals surface area contributed by atoms with Crippen LogP contribution in [0.15, 0.2) is 28.6 Å². The summed E-state index contributed by atoms with van der Waals surface area (Å²) >= 11 is 9.69. The van der Waals surface area contributed by atoms with Gasteiger partial charge in [0, 0.05) is 24.3 Å².